The van der Waals surface area contributed by atoms with Gasteiger partial charge in [-0.2, -0.15) is 8.42 Å². The Kier molecular flexibility index (Phi) is 6.08. The summed E-state index contributed by atoms with van der Waals surface area (Å²) in [6, 6.07) is 6.39. The van der Waals surface area contributed by atoms with Crippen molar-refractivity contribution >= 4 is 31.4 Å². The van der Waals surface area contributed by atoms with Crippen LogP contribution in [0.25, 0.3) is 0 Å². The number of hydrogen-bond acceptors (Lipinski definition) is 7. The number of sulfonamides is 1. The molecule has 2 heterocycles. The number of hydrogen-bond donors (Lipinski definition) is 0. The second-order valence-electron chi connectivity index (χ2n) is 7.19. The molecule has 0 amide bonds. The minimum Gasteiger partial charge on any atom is -0.378 e. The smallest absolute Gasteiger partial charge is 0.290 e. The Morgan fingerprint density at radius 1 is 1.14 bits per heavy atom. The molecule has 0 saturated carbocycles. The normalized spacial score (nSPS) is 17.6. The van der Waals surface area contributed by atoms with E-state index in [2.05, 4.69) is 13.7 Å². The fraction of sp³-hybridized carbons (Fsp3) is 0.444. The first kappa shape index (κ1) is 21.4. The lowest BCUT2D eigenvalue weighted by molar-refractivity contribution is 0.556. The Labute approximate surface area is 171 Å². The molecular weight excluding hydrogens is 417 g/mol. The molecule has 0 spiro atoms. The molecule has 0 bridgehead atoms. The number of piperidine rings is 1. The van der Waals surface area contributed by atoms with Crippen LogP contribution in [0.3, 0.4) is 0 Å². The largest absolute Gasteiger partial charge is 0.378 e. The van der Waals surface area contributed by atoms with Crippen molar-refractivity contribution in [1.29, 1.82) is 0 Å². The molecule has 11 heteroatoms. The third-order valence-corrected chi connectivity index (χ3v) is 9.36. The summed E-state index contributed by atoms with van der Waals surface area (Å²) < 4.78 is 55.5. The van der Waals surface area contributed by atoms with Crippen LogP contribution in [0, 0.1) is 5.82 Å². The summed E-state index contributed by atoms with van der Waals surface area (Å²) in [5, 5.41) is -0.369. The van der Waals surface area contributed by atoms with Gasteiger partial charge in [-0.25, -0.2) is 18.6 Å². The molecule has 8 nitrogen and oxygen atoms in total. The topological polar surface area (TPSA) is 95.8 Å². The molecule has 0 N–H and O–H groups in total. The average Bonchev–Trinajstić information content (AvgIpc) is 2.68. The number of aromatic nitrogens is 2. The van der Waals surface area contributed by atoms with E-state index in [0.29, 0.717) is 31.9 Å². The van der Waals surface area contributed by atoms with Gasteiger partial charge in [0, 0.05) is 44.4 Å². The lowest BCUT2D eigenvalue weighted by atomic mass is 10.1. The Balaban J connectivity index is 1.78. The van der Waals surface area contributed by atoms with E-state index in [0.717, 1.165) is 18.1 Å². The van der Waals surface area contributed by atoms with Crippen molar-refractivity contribution in [1.82, 2.24) is 9.97 Å². The number of anilines is 2. The highest BCUT2D eigenvalue weighted by atomic mass is 32.3. The van der Waals surface area contributed by atoms with Crippen molar-refractivity contribution in [2.24, 2.45) is 3.77 Å². The molecule has 1 aliphatic heterocycles. The van der Waals surface area contributed by atoms with Crippen LogP contribution in [-0.2, 0) is 19.8 Å². The molecule has 1 atom stereocenters. The molecule has 1 aromatic heterocycles. The molecule has 3 rings (SSSR count). The number of halogens is 1. The highest BCUT2D eigenvalue weighted by Gasteiger charge is 2.29. The minimum atomic E-state index is -4.05. The maximum atomic E-state index is 13.2. The van der Waals surface area contributed by atoms with Crippen LogP contribution < -0.4 is 9.80 Å². The summed E-state index contributed by atoms with van der Waals surface area (Å²) >= 11 is 0. The first-order valence-electron chi connectivity index (χ1n) is 9.06. The minimum absolute atomic E-state index is 0.0235. The molecule has 0 aliphatic carbocycles. The van der Waals surface area contributed by atoms with Gasteiger partial charge in [-0.1, -0.05) is 6.07 Å². The zero-order valence-electron chi connectivity index (χ0n) is 16.5. The average molecular weight is 442 g/mol. The third-order valence-electron chi connectivity index (χ3n) is 4.83. The molecule has 1 aromatic carbocycles. The van der Waals surface area contributed by atoms with Gasteiger partial charge < -0.3 is 9.80 Å². The van der Waals surface area contributed by atoms with E-state index in [-0.39, 0.29) is 10.1 Å². The van der Waals surface area contributed by atoms with Gasteiger partial charge in [0.25, 0.3) is 10.0 Å². The van der Waals surface area contributed by atoms with Crippen LogP contribution in [-0.4, -0.2) is 61.3 Å². The van der Waals surface area contributed by atoms with Gasteiger partial charge in [0.2, 0.25) is 5.95 Å². The fourth-order valence-electron chi connectivity index (χ4n) is 3.18. The Bertz CT molecular complexity index is 1090. The Hall–Kier alpha value is -2.27. The van der Waals surface area contributed by atoms with Crippen molar-refractivity contribution in [3.8, 4) is 0 Å². The molecule has 1 aliphatic rings. The predicted octanol–water partition coefficient (Wildman–Crippen LogP) is 2.14. The zero-order valence-corrected chi connectivity index (χ0v) is 18.2. The van der Waals surface area contributed by atoms with Gasteiger partial charge in [-0.15, -0.1) is 3.77 Å². The highest BCUT2D eigenvalue weighted by Crippen LogP contribution is 2.25. The number of rotatable bonds is 5. The summed E-state index contributed by atoms with van der Waals surface area (Å²) in [7, 11) is -3.42. The molecule has 29 heavy (non-hydrogen) atoms. The lowest BCUT2D eigenvalue weighted by Crippen LogP contribution is -2.40. The molecule has 0 radical (unpaired) electrons. The second-order valence-corrected chi connectivity index (χ2v) is 11.6. The fourth-order valence-corrected chi connectivity index (χ4v) is 7.18. The zero-order chi connectivity index (χ0) is 21.2. The van der Waals surface area contributed by atoms with Gasteiger partial charge in [0.1, 0.15) is 0 Å². The molecular formula is C18H24FN5O3S2. The van der Waals surface area contributed by atoms with Crippen LogP contribution in [0.2, 0.25) is 0 Å². The first-order valence-corrected chi connectivity index (χ1v) is 12.5. The van der Waals surface area contributed by atoms with Crippen LogP contribution in [0.15, 0.2) is 45.3 Å². The molecule has 1 unspecified atom stereocenters. The van der Waals surface area contributed by atoms with E-state index >= 15 is 0 Å². The van der Waals surface area contributed by atoms with Crippen molar-refractivity contribution in [2.45, 2.75) is 23.0 Å². The van der Waals surface area contributed by atoms with Crippen LogP contribution in [0.4, 0.5) is 16.0 Å². The van der Waals surface area contributed by atoms with E-state index in [1.54, 1.807) is 17.0 Å². The van der Waals surface area contributed by atoms with Gasteiger partial charge in [-0.05, 0) is 31.0 Å². The molecule has 2 aromatic rings. The van der Waals surface area contributed by atoms with Crippen LogP contribution in [0.1, 0.15) is 12.8 Å². The lowest BCUT2D eigenvalue weighted by Gasteiger charge is -2.32. The summed E-state index contributed by atoms with van der Waals surface area (Å²) in [4.78, 5) is 11.6. The SMILES string of the molecule is CN(C)c1cccc(S(=O)(=O)N=S(C)(=O)C2CCN(c3ncc(F)cn3)CC2)c1. The maximum absolute atomic E-state index is 13.2. The van der Waals surface area contributed by atoms with E-state index in [4.69, 9.17) is 0 Å². The van der Waals surface area contributed by atoms with E-state index in [1.807, 2.05) is 19.0 Å². The second kappa shape index (κ2) is 8.23. The van der Waals surface area contributed by atoms with Gasteiger partial charge in [-0.3, -0.25) is 0 Å². The quantitative estimate of drug-likeness (QED) is 0.701. The van der Waals surface area contributed by atoms with Crippen LogP contribution in [0.5, 0.6) is 0 Å². The number of benzene rings is 1. The maximum Gasteiger partial charge on any atom is 0.290 e. The van der Waals surface area contributed by atoms with E-state index < -0.39 is 25.6 Å². The predicted molar refractivity (Wildman–Crippen MR) is 112 cm³/mol. The monoisotopic (exact) mass is 441 g/mol. The standard InChI is InChI=1S/C18H24FN5O3S2/c1-23(2)15-5-4-6-17(11-15)29(26,27)22-28(3,25)16-7-9-24(10-8-16)18-20-12-14(19)13-21-18/h4-6,11-13,16H,7-10H2,1-3H3. The summed E-state index contributed by atoms with van der Waals surface area (Å²) in [5.74, 6) is -0.111. The van der Waals surface area contributed by atoms with Gasteiger partial charge >= 0.3 is 0 Å². The Morgan fingerprint density at radius 3 is 2.34 bits per heavy atom. The molecule has 158 valence electrons. The van der Waals surface area contributed by atoms with E-state index in [1.165, 1.54) is 18.4 Å². The molecule has 1 saturated heterocycles. The van der Waals surface area contributed by atoms with E-state index in [9.17, 15) is 17.0 Å². The van der Waals surface area contributed by atoms with Crippen molar-refractivity contribution in [3.05, 3.63) is 42.5 Å². The van der Waals surface area contributed by atoms with Crippen LogP contribution >= 0.6 is 0 Å². The molecule has 1 fully saturated rings. The van der Waals surface area contributed by atoms with Crippen molar-refractivity contribution in [3.63, 3.8) is 0 Å². The van der Waals surface area contributed by atoms with Crippen molar-refractivity contribution in [2.75, 3.05) is 43.2 Å². The van der Waals surface area contributed by atoms with Gasteiger partial charge in [0.05, 0.1) is 27.0 Å². The third kappa shape index (κ3) is 5.02. The summed E-state index contributed by atoms with van der Waals surface area (Å²) in [6.07, 6.45) is 4.55. The Morgan fingerprint density at radius 2 is 1.76 bits per heavy atom. The summed E-state index contributed by atoms with van der Waals surface area (Å²) in [5.41, 5.74) is 0.719. The van der Waals surface area contributed by atoms with Gasteiger partial charge in [0.15, 0.2) is 5.82 Å². The summed E-state index contributed by atoms with van der Waals surface area (Å²) in [6.45, 7) is 0.986. The first-order chi connectivity index (χ1) is 13.6. The number of nitrogens with zero attached hydrogens (tertiary/aromatic N) is 5. The highest BCUT2D eigenvalue weighted by molar-refractivity contribution is 8.03. The van der Waals surface area contributed by atoms with Crippen molar-refractivity contribution < 1.29 is 17.0 Å².